The predicted octanol–water partition coefficient (Wildman–Crippen LogP) is 5.08. The van der Waals surface area contributed by atoms with E-state index in [0.29, 0.717) is 12.0 Å². The minimum absolute atomic E-state index is 0.264. The lowest BCUT2D eigenvalue weighted by molar-refractivity contribution is -0.134. The van der Waals surface area contributed by atoms with Gasteiger partial charge in [0.05, 0.1) is 7.11 Å². The van der Waals surface area contributed by atoms with Crippen LogP contribution < -0.4 is 0 Å². The zero-order valence-electron chi connectivity index (χ0n) is 15.3. The van der Waals surface area contributed by atoms with Crippen molar-refractivity contribution in [2.75, 3.05) is 7.11 Å². The van der Waals surface area contributed by atoms with Gasteiger partial charge in [0.15, 0.2) is 8.32 Å². The first kappa shape index (κ1) is 19.4. The Morgan fingerprint density at radius 3 is 2.45 bits per heavy atom. The lowest BCUT2D eigenvalue weighted by Gasteiger charge is -2.43. The fourth-order valence-corrected chi connectivity index (χ4v) is 4.19. The van der Waals surface area contributed by atoms with Gasteiger partial charge < -0.3 is 9.16 Å². The second kappa shape index (κ2) is 8.30. The summed E-state index contributed by atoms with van der Waals surface area (Å²) in [5, 5.41) is 0.264. The number of methoxy groups -OCH3 is 1. The van der Waals surface area contributed by atoms with Crippen molar-refractivity contribution < 1.29 is 14.0 Å². The van der Waals surface area contributed by atoms with E-state index in [1.807, 2.05) is 6.08 Å². The normalized spacial score (nSPS) is 23.7. The van der Waals surface area contributed by atoms with Crippen molar-refractivity contribution in [2.24, 2.45) is 5.92 Å². The second-order valence-electron chi connectivity index (χ2n) is 7.96. The lowest BCUT2D eigenvalue weighted by atomic mass is 9.83. The van der Waals surface area contributed by atoms with Crippen LogP contribution >= 0.6 is 0 Å². The van der Waals surface area contributed by atoms with E-state index in [1.54, 1.807) is 0 Å². The van der Waals surface area contributed by atoms with Gasteiger partial charge in [-0.1, -0.05) is 39.7 Å². The Hall–Kier alpha value is -0.613. The largest absolute Gasteiger partial charge is 0.466 e. The molecule has 128 valence electrons. The SMILES string of the molecule is COC(=O)/C=C\CC[C@H]1CCCC[C@@H]1O[Si](C)(C)C(C)(C)C. The van der Waals surface area contributed by atoms with Gasteiger partial charge in [-0.2, -0.15) is 0 Å². The molecular weight excluding hydrogens is 292 g/mol. The van der Waals surface area contributed by atoms with Gasteiger partial charge in [-0.15, -0.1) is 0 Å². The molecular formula is C18H34O3Si. The van der Waals surface area contributed by atoms with Gasteiger partial charge in [0.2, 0.25) is 0 Å². The topological polar surface area (TPSA) is 35.5 Å². The number of ether oxygens (including phenoxy) is 1. The van der Waals surface area contributed by atoms with Crippen LogP contribution in [-0.4, -0.2) is 27.5 Å². The van der Waals surface area contributed by atoms with Gasteiger partial charge in [0.1, 0.15) is 0 Å². The first-order valence-corrected chi connectivity index (χ1v) is 11.5. The third-order valence-electron chi connectivity index (χ3n) is 5.25. The van der Waals surface area contributed by atoms with E-state index in [4.69, 9.17) is 4.43 Å². The summed E-state index contributed by atoms with van der Waals surface area (Å²) in [6, 6.07) is 0. The number of esters is 1. The van der Waals surface area contributed by atoms with Crippen LogP contribution in [0.5, 0.6) is 0 Å². The Morgan fingerprint density at radius 1 is 1.23 bits per heavy atom. The quantitative estimate of drug-likeness (QED) is 0.388. The number of hydrogen-bond donors (Lipinski definition) is 0. The highest BCUT2D eigenvalue weighted by atomic mass is 28.4. The summed E-state index contributed by atoms with van der Waals surface area (Å²) in [6.07, 6.45) is 10.9. The van der Waals surface area contributed by atoms with E-state index in [-0.39, 0.29) is 11.0 Å². The summed E-state index contributed by atoms with van der Waals surface area (Å²) in [7, 11) is -0.284. The standard InChI is InChI=1S/C18H34O3Si/c1-18(2,3)22(5,6)21-16-13-9-7-11-15(16)12-8-10-14-17(19)20-4/h10,14-16H,7-9,11-13H2,1-6H3/b14-10-/t15-,16+/m1/s1. The molecule has 1 fully saturated rings. The van der Waals surface area contributed by atoms with Gasteiger partial charge in [0.25, 0.3) is 0 Å². The van der Waals surface area contributed by atoms with E-state index >= 15 is 0 Å². The predicted molar refractivity (Wildman–Crippen MR) is 94.4 cm³/mol. The van der Waals surface area contributed by atoms with Crippen molar-refractivity contribution in [3.05, 3.63) is 12.2 Å². The molecule has 4 heteroatoms. The zero-order chi connectivity index (χ0) is 16.8. The molecule has 1 aliphatic rings. The van der Waals surface area contributed by atoms with Crippen LogP contribution in [0.3, 0.4) is 0 Å². The number of carbonyl (C=O) groups is 1. The summed E-state index contributed by atoms with van der Waals surface area (Å²) in [5.74, 6) is 0.364. The molecule has 0 aliphatic heterocycles. The monoisotopic (exact) mass is 326 g/mol. The van der Waals surface area contributed by atoms with Crippen LogP contribution in [0.1, 0.15) is 59.3 Å². The van der Waals surface area contributed by atoms with E-state index in [0.717, 1.165) is 12.8 Å². The van der Waals surface area contributed by atoms with Crippen molar-refractivity contribution in [1.82, 2.24) is 0 Å². The molecule has 0 bridgehead atoms. The molecule has 2 atom stereocenters. The van der Waals surface area contributed by atoms with Crippen LogP contribution in [0, 0.1) is 5.92 Å². The van der Waals surface area contributed by atoms with Crippen LogP contribution in [0.15, 0.2) is 12.2 Å². The van der Waals surface area contributed by atoms with Crippen molar-refractivity contribution in [2.45, 2.75) is 83.5 Å². The molecule has 0 heterocycles. The molecule has 0 aromatic carbocycles. The van der Waals surface area contributed by atoms with Gasteiger partial charge in [-0.25, -0.2) is 4.79 Å². The van der Waals surface area contributed by atoms with Crippen molar-refractivity contribution in [3.8, 4) is 0 Å². The first-order chi connectivity index (χ1) is 10.2. The minimum Gasteiger partial charge on any atom is -0.466 e. The van der Waals surface area contributed by atoms with E-state index in [2.05, 4.69) is 38.6 Å². The molecule has 0 spiro atoms. The van der Waals surface area contributed by atoms with Crippen LogP contribution in [0.2, 0.25) is 18.1 Å². The van der Waals surface area contributed by atoms with Gasteiger partial charge in [0, 0.05) is 12.2 Å². The summed E-state index contributed by atoms with van der Waals surface area (Å²) >= 11 is 0. The maximum Gasteiger partial charge on any atom is 0.330 e. The lowest BCUT2D eigenvalue weighted by Crippen LogP contribution is -2.46. The van der Waals surface area contributed by atoms with Crippen LogP contribution in [0.4, 0.5) is 0 Å². The van der Waals surface area contributed by atoms with Crippen LogP contribution in [0.25, 0.3) is 0 Å². The Kier molecular flexibility index (Phi) is 7.33. The molecule has 22 heavy (non-hydrogen) atoms. The highest BCUT2D eigenvalue weighted by molar-refractivity contribution is 6.74. The molecule has 1 rings (SSSR count). The van der Waals surface area contributed by atoms with Crippen LogP contribution in [-0.2, 0) is 14.0 Å². The first-order valence-electron chi connectivity index (χ1n) is 8.59. The van der Waals surface area contributed by atoms with E-state index in [9.17, 15) is 4.79 Å². The van der Waals surface area contributed by atoms with E-state index < -0.39 is 8.32 Å². The molecule has 0 N–H and O–H groups in total. The van der Waals surface area contributed by atoms with Crippen molar-refractivity contribution in [3.63, 3.8) is 0 Å². The third kappa shape index (κ3) is 5.88. The highest BCUT2D eigenvalue weighted by Crippen LogP contribution is 2.41. The molecule has 0 radical (unpaired) electrons. The smallest absolute Gasteiger partial charge is 0.330 e. The number of hydrogen-bond acceptors (Lipinski definition) is 3. The molecule has 0 amide bonds. The number of allylic oxidation sites excluding steroid dienone is 1. The Labute approximate surface area is 137 Å². The van der Waals surface area contributed by atoms with E-state index in [1.165, 1.54) is 38.9 Å². The molecule has 0 aromatic heterocycles. The van der Waals surface area contributed by atoms with Gasteiger partial charge in [-0.05, 0) is 49.7 Å². The third-order valence-corrected chi connectivity index (χ3v) is 9.76. The fraction of sp³-hybridized carbons (Fsp3) is 0.833. The Morgan fingerprint density at radius 2 is 1.86 bits per heavy atom. The summed E-state index contributed by atoms with van der Waals surface area (Å²) in [5.41, 5.74) is 0. The van der Waals surface area contributed by atoms with Gasteiger partial charge >= 0.3 is 5.97 Å². The second-order valence-corrected chi connectivity index (χ2v) is 12.7. The molecule has 0 unspecified atom stereocenters. The van der Waals surface area contributed by atoms with Crippen molar-refractivity contribution in [1.29, 1.82) is 0 Å². The zero-order valence-corrected chi connectivity index (χ0v) is 16.3. The van der Waals surface area contributed by atoms with Crippen molar-refractivity contribution >= 4 is 14.3 Å². The minimum atomic E-state index is -1.70. The molecule has 0 aromatic rings. The fourth-order valence-electron chi connectivity index (χ4n) is 2.77. The number of carbonyl (C=O) groups excluding carboxylic acids is 1. The Balaban J connectivity index is 2.57. The Bertz CT molecular complexity index is 382. The number of rotatable bonds is 6. The summed E-state index contributed by atoms with van der Waals surface area (Å²) in [4.78, 5) is 11.1. The molecule has 3 nitrogen and oxygen atoms in total. The average molecular weight is 327 g/mol. The summed E-state index contributed by atoms with van der Waals surface area (Å²) in [6.45, 7) is 11.6. The van der Waals surface area contributed by atoms with Gasteiger partial charge in [-0.3, -0.25) is 0 Å². The highest BCUT2D eigenvalue weighted by Gasteiger charge is 2.41. The molecule has 1 saturated carbocycles. The average Bonchev–Trinajstić information content (AvgIpc) is 2.43. The molecule has 1 aliphatic carbocycles. The maximum atomic E-state index is 11.1. The molecule has 0 saturated heterocycles. The maximum absolute atomic E-state index is 11.1. The summed E-state index contributed by atoms with van der Waals surface area (Å²) < 4.78 is 11.3.